The highest BCUT2D eigenvalue weighted by Gasteiger charge is 2.20. The minimum Gasteiger partial charge on any atom is -0.391 e. The molecule has 0 bridgehead atoms. The van der Waals surface area contributed by atoms with E-state index in [0.717, 1.165) is 5.56 Å². The summed E-state index contributed by atoms with van der Waals surface area (Å²) in [5.74, 6) is 0.0907. The second-order valence-electron chi connectivity index (χ2n) is 4.63. The molecule has 1 aliphatic rings. The molecule has 2 heterocycles. The minimum atomic E-state index is -0.405. The summed E-state index contributed by atoms with van der Waals surface area (Å²) < 4.78 is 0. The maximum absolute atomic E-state index is 11.9. The molecule has 0 amide bonds. The van der Waals surface area contributed by atoms with Gasteiger partial charge in [0.2, 0.25) is 5.95 Å². The van der Waals surface area contributed by atoms with Crippen molar-refractivity contribution in [2.45, 2.75) is 25.1 Å². The van der Waals surface area contributed by atoms with Crippen LogP contribution >= 0.6 is 0 Å². The van der Waals surface area contributed by atoms with Crippen LogP contribution in [0.4, 0.5) is 5.95 Å². The normalized spacial score (nSPS) is 22.4. The Hall–Kier alpha value is -2.12. The van der Waals surface area contributed by atoms with E-state index in [1.165, 1.54) is 0 Å². The third-order valence-corrected chi connectivity index (χ3v) is 3.31. The number of anilines is 1. The van der Waals surface area contributed by atoms with Crippen LogP contribution in [0.25, 0.3) is 11.0 Å². The van der Waals surface area contributed by atoms with Gasteiger partial charge in [-0.25, -0.2) is 0 Å². The highest BCUT2D eigenvalue weighted by atomic mass is 16.3. The van der Waals surface area contributed by atoms with E-state index >= 15 is 0 Å². The van der Waals surface area contributed by atoms with Crippen LogP contribution in [0.3, 0.4) is 0 Å². The Bertz CT molecular complexity index is 687. The number of aliphatic hydroxyl groups is 1. The molecule has 2 atom stereocenters. The largest absolute Gasteiger partial charge is 0.391 e. The second-order valence-corrected chi connectivity index (χ2v) is 4.63. The highest BCUT2D eigenvalue weighted by molar-refractivity contribution is 5.79. The third kappa shape index (κ3) is 2.13. The summed E-state index contributed by atoms with van der Waals surface area (Å²) in [6.45, 7) is 0.473. The van der Waals surface area contributed by atoms with Crippen molar-refractivity contribution in [2.75, 3.05) is 5.73 Å². The fourth-order valence-corrected chi connectivity index (χ4v) is 2.33. The molecule has 2 aromatic rings. The zero-order valence-electron chi connectivity index (χ0n) is 10.2. The van der Waals surface area contributed by atoms with Crippen LogP contribution in [0.15, 0.2) is 23.1 Å². The van der Waals surface area contributed by atoms with Crippen molar-refractivity contribution in [1.29, 1.82) is 0 Å². The Labute approximate surface area is 108 Å². The van der Waals surface area contributed by atoms with Gasteiger partial charge in [-0.3, -0.25) is 9.78 Å². The molecular weight excluding hydrogens is 246 g/mol. The van der Waals surface area contributed by atoms with Crippen molar-refractivity contribution >= 4 is 17.0 Å². The lowest BCUT2D eigenvalue weighted by molar-refractivity contribution is 0.157. The van der Waals surface area contributed by atoms with Crippen LogP contribution in [0.5, 0.6) is 0 Å². The van der Waals surface area contributed by atoms with Gasteiger partial charge < -0.3 is 21.1 Å². The monoisotopic (exact) mass is 261 g/mol. The molecule has 1 unspecified atom stereocenters. The first-order chi connectivity index (χ1) is 9.15. The molecule has 0 saturated carbocycles. The van der Waals surface area contributed by atoms with E-state index < -0.39 is 6.10 Å². The molecule has 19 heavy (non-hydrogen) atoms. The van der Waals surface area contributed by atoms with Crippen LogP contribution in [0.1, 0.15) is 12.0 Å². The number of H-pyrrole nitrogens is 2. The molecule has 0 aliphatic heterocycles. The van der Waals surface area contributed by atoms with E-state index in [9.17, 15) is 9.90 Å². The minimum absolute atomic E-state index is 0.0780. The number of hydrogen-bond donors (Lipinski definition) is 5. The molecule has 3 rings (SSSR count). The van der Waals surface area contributed by atoms with Crippen LogP contribution in [-0.2, 0) is 6.54 Å². The van der Waals surface area contributed by atoms with Crippen LogP contribution in [0.2, 0.25) is 0 Å². The summed E-state index contributed by atoms with van der Waals surface area (Å²) >= 11 is 0. The van der Waals surface area contributed by atoms with Crippen LogP contribution in [0, 0.1) is 0 Å². The number of aromatic amines is 2. The summed E-state index contributed by atoms with van der Waals surface area (Å²) in [7, 11) is 0. The van der Waals surface area contributed by atoms with Crippen molar-refractivity contribution < 1.29 is 5.11 Å². The Morgan fingerprint density at radius 3 is 3.16 bits per heavy atom. The van der Waals surface area contributed by atoms with Gasteiger partial charge in [-0.15, -0.1) is 0 Å². The predicted molar refractivity (Wildman–Crippen MR) is 71.5 cm³/mol. The van der Waals surface area contributed by atoms with E-state index in [2.05, 4.69) is 20.3 Å². The first-order valence-corrected chi connectivity index (χ1v) is 6.09. The molecule has 0 radical (unpaired) electrons. The van der Waals surface area contributed by atoms with Crippen molar-refractivity contribution in [2.24, 2.45) is 0 Å². The predicted octanol–water partition coefficient (Wildman–Crippen LogP) is -0.388. The van der Waals surface area contributed by atoms with Crippen molar-refractivity contribution in [3.05, 3.63) is 34.3 Å². The average molecular weight is 261 g/mol. The van der Waals surface area contributed by atoms with Gasteiger partial charge in [-0.05, 0) is 12.0 Å². The first-order valence-electron chi connectivity index (χ1n) is 6.09. The molecule has 100 valence electrons. The first kappa shape index (κ1) is 11.9. The Morgan fingerprint density at radius 1 is 1.58 bits per heavy atom. The summed E-state index contributed by atoms with van der Waals surface area (Å²) in [5.41, 5.74) is 6.49. The molecule has 7 nitrogen and oxygen atoms in total. The fourth-order valence-electron chi connectivity index (χ4n) is 2.33. The summed E-state index contributed by atoms with van der Waals surface area (Å²) in [5, 5.41) is 13.4. The lowest BCUT2D eigenvalue weighted by Gasteiger charge is -2.15. The number of hydrogen-bond acceptors (Lipinski definition) is 5. The standard InChI is InChI=1S/C12H15N5O2/c13-12-16-10-9(11(19)17-12)6(5-15-10)4-14-7-2-1-3-8(7)18/h1-2,5,7-8,14,18H,3-4H2,(H4,13,15,16,17,19)/t7?,8-/m0/s1. The van der Waals surface area contributed by atoms with Gasteiger partial charge in [0.1, 0.15) is 5.65 Å². The quantitative estimate of drug-likeness (QED) is 0.482. The smallest absolute Gasteiger partial charge is 0.262 e. The van der Waals surface area contributed by atoms with Crippen LogP contribution < -0.4 is 16.6 Å². The van der Waals surface area contributed by atoms with Gasteiger partial charge in [0.25, 0.3) is 5.56 Å². The van der Waals surface area contributed by atoms with Crippen molar-refractivity contribution in [3.63, 3.8) is 0 Å². The number of nitrogens with two attached hydrogens (primary N) is 1. The maximum Gasteiger partial charge on any atom is 0.262 e. The van der Waals surface area contributed by atoms with E-state index in [0.29, 0.717) is 24.0 Å². The van der Waals surface area contributed by atoms with Gasteiger partial charge in [-0.2, -0.15) is 4.98 Å². The summed E-state index contributed by atoms with van der Waals surface area (Å²) in [6, 6.07) is -0.0780. The number of nitrogens with zero attached hydrogens (tertiary/aromatic N) is 1. The second kappa shape index (κ2) is 4.52. The maximum atomic E-state index is 11.9. The Kier molecular flexibility index (Phi) is 2.84. The molecule has 0 spiro atoms. The van der Waals surface area contributed by atoms with Gasteiger partial charge in [0.15, 0.2) is 0 Å². The summed E-state index contributed by atoms with van der Waals surface area (Å²) in [6.07, 6.45) is 5.85. The Morgan fingerprint density at radius 2 is 2.42 bits per heavy atom. The van der Waals surface area contributed by atoms with E-state index in [1.54, 1.807) is 6.20 Å². The van der Waals surface area contributed by atoms with Crippen LogP contribution in [-0.4, -0.2) is 32.2 Å². The molecule has 0 aromatic carbocycles. The number of fused-ring (bicyclic) bond motifs is 1. The lowest BCUT2D eigenvalue weighted by atomic mass is 10.2. The fraction of sp³-hybridized carbons (Fsp3) is 0.333. The number of nitrogen functional groups attached to an aromatic ring is 1. The summed E-state index contributed by atoms with van der Waals surface area (Å²) in [4.78, 5) is 21.3. The highest BCUT2D eigenvalue weighted by Crippen LogP contribution is 2.15. The van der Waals surface area contributed by atoms with E-state index in [-0.39, 0.29) is 17.5 Å². The van der Waals surface area contributed by atoms with Gasteiger partial charge >= 0.3 is 0 Å². The van der Waals surface area contributed by atoms with Gasteiger partial charge in [0.05, 0.1) is 17.5 Å². The zero-order chi connectivity index (χ0) is 13.4. The number of aliphatic hydroxyl groups excluding tert-OH is 1. The molecule has 6 N–H and O–H groups in total. The van der Waals surface area contributed by atoms with E-state index in [1.807, 2.05) is 12.2 Å². The number of rotatable bonds is 3. The van der Waals surface area contributed by atoms with Crippen molar-refractivity contribution in [3.8, 4) is 0 Å². The molecule has 0 fully saturated rings. The molecule has 1 aliphatic carbocycles. The third-order valence-electron chi connectivity index (χ3n) is 3.31. The zero-order valence-corrected chi connectivity index (χ0v) is 10.2. The van der Waals surface area contributed by atoms with Gasteiger partial charge in [-0.1, -0.05) is 12.2 Å². The van der Waals surface area contributed by atoms with Crippen molar-refractivity contribution in [1.82, 2.24) is 20.3 Å². The van der Waals surface area contributed by atoms with Gasteiger partial charge in [0, 0.05) is 12.7 Å². The SMILES string of the molecule is Nc1nc2[nH]cc(CNC3C=CC[C@@H]3O)c2c(=O)[nH]1. The molecule has 2 aromatic heterocycles. The number of aromatic nitrogens is 3. The number of nitrogens with one attached hydrogen (secondary N) is 3. The topological polar surface area (TPSA) is 120 Å². The lowest BCUT2D eigenvalue weighted by Crippen LogP contribution is -2.35. The molecule has 0 saturated heterocycles. The Balaban J connectivity index is 1.85. The average Bonchev–Trinajstić information content (AvgIpc) is 2.93. The molecule has 7 heteroatoms. The molecular formula is C12H15N5O2. The van der Waals surface area contributed by atoms with E-state index in [4.69, 9.17) is 5.73 Å².